The predicted octanol–water partition coefficient (Wildman–Crippen LogP) is 0.115. The molecule has 1 aliphatic heterocycles. The molecule has 4 nitrogen and oxygen atoms in total. The van der Waals surface area contributed by atoms with Crippen molar-refractivity contribution in [2.45, 2.75) is 12.1 Å². The largest absolute Gasteiger partial charge is 0.386 e. The molecule has 2 atom stereocenters. The van der Waals surface area contributed by atoms with Gasteiger partial charge in [-0.3, -0.25) is 9.98 Å². The Morgan fingerprint density at radius 2 is 2.54 bits per heavy atom. The average molecular weight is 177 g/mol. The van der Waals surface area contributed by atoms with Crippen molar-refractivity contribution in [1.82, 2.24) is 10.3 Å². The molecular formula is C9H11N3O. The molecule has 1 aromatic rings. The number of nitrogens with one attached hydrogen (secondary N) is 1. The lowest BCUT2D eigenvalue weighted by Gasteiger charge is -2.17. The molecule has 4 heteroatoms. The summed E-state index contributed by atoms with van der Waals surface area (Å²) in [7, 11) is 0. The van der Waals surface area contributed by atoms with E-state index in [0.29, 0.717) is 6.54 Å². The van der Waals surface area contributed by atoms with Crippen LogP contribution in [0.5, 0.6) is 0 Å². The van der Waals surface area contributed by atoms with Crippen molar-refractivity contribution in [1.29, 1.82) is 0 Å². The van der Waals surface area contributed by atoms with E-state index in [-0.39, 0.29) is 6.04 Å². The summed E-state index contributed by atoms with van der Waals surface area (Å²) in [4.78, 5) is 7.94. The van der Waals surface area contributed by atoms with Gasteiger partial charge in [0, 0.05) is 18.0 Å². The number of hydrogen-bond acceptors (Lipinski definition) is 4. The molecule has 0 saturated carbocycles. The number of aliphatic hydroxyl groups is 1. The van der Waals surface area contributed by atoms with Crippen LogP contribution in [0.4, 0.5) is 0 Å². The first-order valence-corrected chi connectivity index (χ1v) is 4.20. The minimum absolute atomic E-state index is 0.0100. The SMILES string of the molecule is OC(c1cccnc1)C1CN=CN1. The van der Waals surface area contributed by atoms with E-state index in [4.69, 9.17) is 0 Å². The summed E-state index contributed by atoms with van der Waals surface area (Å²) in [6.45, 7) is 0.621. The number of aliphatic imine (C=N–C) groups is 1. The lowest BCUT2D eigenvalue weighted by molar-refractivity contribution is 0.144. The minimum Gasteiger partial charge on any atom is -0.386 e. The number of aromatic nitrogens is 1. The topological polar surface area (TPSA) is 57.5 Å². The molecule has 0 bridgehead atoms. The van der Waals surface area contributed by atoms with Gasteiger partial charge in [-0.25, -0.2) is 0 Å². The lowest BCUT2D eigenvalue weighted by atomic mass is 10.1. The third-order valence-corrected chi connectivity index (χ3v) is 2.09. The zero-order valence-electron chi connectivity index (χ0n) is 7.09. The van der Waals surface area contributed by atoms with E-state index >= 15 is 0 Å². The summed E-state index contributed by atoms with van der Waals surface area (Å²) in [5.41, 5.74) is 0.825. The van der Waals surface area contributed by atoms with Gasteiger partial charge in [0.1, 0.15) is 6.10 Å². The van der Waals surface area contributed by atoms with Crippen LogP contribution in [0.25, 0.3) is 0 Å². The molecule has 1 aromatic heterocycles. The molecule has 0 radical (unpaired) electrons. The maximum absolute atomic E-state index is 9.84. The molecule has 0 spiro atoms. The second-order valence-electron chi connectivity index (χ2n) is 3.00. The van der Waals surface area contributed by atoms with Gasteiger partial charge >= 0.3 is 0 Å². The highest BCUT2D eigenvalue weighted by Gasteiger charge is 2.21. The van der Waals surface area contributed by atoms with E-state index in [0.717, 1.165) is 5.56 Å². The second kappa shape index (κ2) is 3.53. The highest BCUT2D eigenvalue weighted by molar-refractivity contribution is 5.57. The first-order valence-electron chi connectivity index (χ1n) is 4.20. The Hall–Kier alpha value is -1.42. The number of rotatable bonds is 2. The van der Waals surface area contributed by atoms with Crippen molar-refractivity contribution in [2.75, 3.05) is 6.54 Å². The van der Waals surface area contributed by atoms with Gasteiger partial charge in [0.15, 0.2) is 0 Å². The number of nitrogens with zero attached hydrogens (tertiary/aromatic N) is 2. The highest BCUT2D eigenvalue weighted by atomic mass is 16.3. The molecule has 0 fully saturated rings. The van der Waals surface area contributed by atoms with E-state index < -0.39 is 6.10 Å². The molecule has 0 saturated heterocycles. The fourth-order valence-corrected chi connectivity index (χ4v) is 1.34. The second-order valence-corrected chi connectivity index (χ2v) is 3.00. The molecule has 2 unspecified atom stereocenters. The summed E-state index contributed by atoms with van der Waals surface area (Å²) in [5, 5.41) is 12.8. The van der Waals surface area contributed by atoms with Crippen LogP contribution in [0.1, 0.15) is 11.7 Å². The van der Waals surface area contributed by atoms with Gasteiger partial charge in [-0.05, 0) is 6.07 Å². The third kappa shape index (κ3) is 1.67. The van der Waals surface area contributed by atoms with Gasteiger partial charge in [-0.2, -0.15) is 0 Å². The smallest absolute Gasteiger partial charge is 0.102 e. The van der Waals surface area contributed by atoms with Crippen LogP contribution in [-0.4, -0.2) is 29.0 Å². The lowest BCUT2D eigenvalue weighted by Crippen LogP contribution is -2.31. The zero-order chi connectivity index (χ0) is 9.10. The summed E-state index contributed by atoms with van der Waals surface area (Å²) in [6.07, 6.45) is 4.46. The zero-order valence-corrected chi connectivity index (χ0v) is 7.09. The molecule has 0 aliphatic carbocycles. The molecule has 68 valence electrons. The monoisotopic (exact) mass is 177 g/mol. The Bertz CT molecular complexity index is 291. The summed E-state index contributed by atoms with van der Waals surface area (Å²) < 4.78 is 0. The Morgan fingerprint density at radius 3 is 3.15 bits per heavy atom. The normalized spacial score (nSPS) is 22.7. The van der Waals surface area contributed by atoms with Gasteiger partial charge < -0.3 is 10.4 Å². The molecule has 2 N–H and O–H groups in total. The number of hydrogen-bond donors (Lipinski definition) is 2. The van der Waals surface area contributed by atoms with Crippen LogP contribution in [-0.2, 0) is 0 Å². The van der Waals surface area contributed by atoms with Crippen LogP contribution in [0.15, 0.2) is 29.5 Å². The standard InChI is InChI=1S/C9H11N3O/c13-9(8-5-11-6-12-8)7-2-1-3-10-4-7/h1-4,6,8-9,13H,5H2,(H,11,12). The Morgan fingerprint density at radius 1 is 1.62 bits per heavy atom. The molecule has 2 rings (SSSR count). The van der Waals surface area contributed by atoms with Crippen LogP contribution in [0, 0.1) is 0 Å². The van der Waals surface area contributed by atoms with Gasteiger partial charge in [0.05, 0.1) is 18.9 Å². The summed E-state index contributed by atoms with van der Waals surface area (Å²) in [5.74, 6) is 0. The molecule has 0 amide bonds. The minimum atomic E-state index is -0.531. The van der Waals surface area contributed by atoms with Crippen molar-refractivity contribution in [2.24, 2.45) is 4.99 Å². The molecule has 0 aromatic carbocycles. The number of aliphatic hydroxyl groups excluding tert-OH is 1. The third-order valence-electron chi connectivity index (χ3n) is 2.09. The van der Waals surface area contributed by atoms with Gasteiger partial charge in [0.2, 0.25) is 0 Å². The van der Waals surface area contributed by atoms with Crippen LogP contribution >= 0.6 is 0 Å². The maximum atomic E-state index is 9.84. The van der Waals surface area contributed by atoms with Gasteiger partial charge in [-0.15, -0.1) is 0 Å². The van der Waals surface area contributed by atoms with Crippen LogP contribution in [0.3, 0.4) is 0 Å². The Kier molecular flexibility index (Phi) is 2.23. The Labute approximate surface area is 76.3 Å². The van der Waals surface area contributed by atoms with Gasteiger partial charge in [-0.1, -0.05) is 6.07 Å². The average Bonchev–Trinajstić information content (AvgIpc) is 2.71. The molecule has 13 heavy (non-hydrogen) atoms. The van der Waals surface area contributed by atoms with Crippen LogP contribution < -0.4 is 5.32 Å². The van der Waals surface area contributed by atoms with Gasteiger partial charge in [0.25, 0.3) is 0 Å². The fourth-order valence-electron chi connectivity index (χ4n) is 1.34. The number of pyridine rings is 1. The van der Waals surface area contributed by atoms with E-state index in [9.17, 15) is 5.11 Å². The van der Waals surface area contributed by atoms with E-state index in [2.05, 4.69) is 15.3 Å². The van der Waals surface area contributed by atoms with Crippen molar-refractivity contribution >= 4 is 6.34 Å². The maximum Gasteiger partial charge on any atom is 0.102 e. The quantitative estimate of drug-likeness (QED) is 0.674. The van der Waals surface area contributed by atoms with E-state index in [1.165, 1.54) is 0 Å². The van der Waals surface area contributed by atoms with Crippen LogP contribution in [0.2, 0.25) is 0 Å². The predicted molar refractivity (Wildman–Crippen MR) is 49.5 cm³/mol. The van der Waals surface area contributed by atoms with Crippen molar-refractivity contribution in [3.63, 3.8) is 0 Å². The first-order chi connectivity index (χ1) is 6.38. The van der Waals surface area contributed by atoms with Crippen molar-refractivity contribution in [3.8, 4) is 0 Å². The van der Waals surface area contributed by atoms with E-state index in [1.54, 1.807) is 18.7 Å². The molecule has 2 heterocycles. The fraction of sp³-hybridized carbons (Fsp3) is 0.333. The summed E-state index contributed by atoms with van der Waals surface area (Å²) >= 11 is 0. The van der Waals surface area contributed by atoms with E-state index in [1.807, 2.05) is 12.1 Å². The first kappa shape index (κ1) is 8.19. The molecule has 1 aliphatic rings. The molecular weight excluding hydrogens is 166 g/mol. The highest BCUT2D eigenvalue weighted by Crippen LogP contribution is 2.16. The van der Waals surface area contributed by atoms with Crippen molar-refractivity contribution in [3.05, 3.63) is 30.1 Å². The van der Waals surface area contributed by atoms with Crippen molar-refractivity contribution < 1.29 is 5.11 Å². The Balaban J connectivity index is 2.09. The summed E-state index contributed by atoms with van der Waals surface area (Å²) in [6, 6.07) is 3.66.